The second-order valence-electron chi connectivity index (χ2n) is 4.10. The summed E-state index contributed by atoms with van der Waals surface area (Å²) in [5.41, 5.74) is 6.37. The van der Waals surface area contributed by atoms with Crippen LogP contribution >= 0.6 is 0 Å². The maximum absolute atomic E-state index is 12.3. The van der Waals surface area contributed by atoms with Gasteiger partial charge in [0.1, 0.15) is 0 Å². The first-order valence-corrected chi connectivity index (χ1v) is 8.61. The highest BCUT2D eigenvalue weighted by molar-refractivity contribution is 7.89. The number of nitrogens with zero attached hydrogens (tertiary/aromatic N) is 1. The molecule has 1 aromatic rings. The van der Waals surface area contributed by atoms with E-state index in [1.807, 2.05) is 0 Å². The van der Waals surface area contributed by atoms with Gasteiger partial charge in [0.25, 0.3) is 0 Å². The van der Waals surface area contributed by atoms with E-state index in [0.717, 1.165) is 5.56 Å². The summed E-state index contributed by atoms with van der Waals surface area (Å²) in [5, 5.41) is 0. The molecule has 0 bridgehead atoms. The van der Waals surface area contributed by atoms with Crippen molar-refractivity contribution in [2.45, 2.75) is 11.4 Å². The molecule has 5 nitrogen and oxygen atoms in total. The lowest BCUT2D eigenvalue weighted by Crippen LogP contribution is -2.41. The Balaban J connectivity index is 2.21. The molecule has 2 rings (SSSR count). The third-order valence-electron chi connectivity index (χ3n) is 2.93. The molecule has 0 aromatic heterocycles. The summed E-state index contributed by atoms with van der Waals surface area (Å²) in [6.07, 6.45) is 0. The van der Waals surface area contributed by atoms with Crippen molar-refractivity contribution in [3.8, 4) is 0 Å². The predicted molar refractivity (Wildman–Crippen MR) is 71.0 cm³/mol. The highest BCUT2D eigenvalue weighted by Crippen LogP contribution is 2.18. The molecule has 0 unspecified atom stereocenters. The van der Waals surface area contributed by atoms with Gasteiger partial charge in [-0.2, -0.15) is 4.31 Å². The van der Waals surface area contributed by atoms with Crippen molar-refractivity contribution in [2.24, 2.45) is 5.73 Å². The van der Waals surface area contributed by atoms with Gasteiger partial charge in [-0.1, -0.05) is 12.1 Å². The van der Waals surface area contributed by atoms with Crippen molar-refractivity contribution < 1.29 is 12.6 Å². The molecule has 0 saturated carbocycles. The molecular weight excluding hydrogens is 272 g/mol. The highest BCUT2D eigenvalue weighted by Gasteiger charge is 2.27. The molecule has 2 N–H and O–H groups in total. The fraction of sp³-hybridized carbons (Fsp3) is 0.455. The maximum atomic E-state index is 12.3. The van der Waals surface area contributed by atoms with E-state index in [9.17, 15) is 12.6 Å². The summed E-state index contributed by atoms with van der Waals surface area (Å²) in [7, 11) is -4.33. The Labute approximate surface area is 109 Å². The lowest BCUT2D eigenvalue weighted by atomic mass is 10.2. The van der Waals surface area contributed by atoms with Gasteiger partial charge < -0.3 is 5.73 Å². The summed E-state index contributed by atoms with van der Waals surface area (Å²) < 4.78 is 37.2. The minimum atomic E-state index is -3.45. The SMILES string of the molecule is NCc1ccc(S(=O)(=O)N2CCS(=O)CC2)cc1. The van der Waals surface area contributed by atoms with Gasteiger partial charge >= 0.3 is 0 Å². The van der Waals surface area contributed by atoms with Crippen LogP contribution < -0.4 is 5.73 Å². The summed E-state index contributed by atoms with van der Waals surface area (Å²) in [5.74, 6) is 0.834. The van der Waals surface area contributed by atoms with Crippen LogP contribution in [0, 0.1) is 0 Å². The molecule has 100 valence electrons. The fourth-order valence-corrected chi connectivity index (χ4v) is 4.53. The van der Waals surface area contributed by atoms with Crippen LogP contribution in [0.5, 0.6) is 0 Å². The number of hydrogen-bond donors (Lipinski definition) is 1. The average Bonchev–Trinajstić information content (AvgIpc) is 2.39. The van der Waals surface area contributed by atoms with Crippen molar-refractivity contribution in [3.05, 3.63) is 29.8 Å². The first-order chi connectivity index (χ1) is 8.54. The molecule has 0 atom stereocenters. The van der Waals surface area contributed by atoms with Crippen LogP contribution in [0.1, 0.15) is 5.56 Å². The lowest BCUT2D eigenvalue weighted by molar-refractivity contribution is 0.438. The van der Waals surface area contributed by atoms with Crippen LogP contribution in [-0.4, -0.2) is 41.5 Å². The van der Waals surface area contributed by atoms with Crippen LogP contribution in [-0.2, 0) is 27.4 Å². The summed E-state index contributed by atoms with van der Waals surface area (Å²) >= 11 is 0. The Morgan fingerprint density at radius 1 is 1.17 bits per heavy atom. The zero-order chi connectivity index (χ0) is 13.2. The Morgan fingerprint density at radius 2 is 1.72 bits per heavy atom. The number of benzene rings is 1. The first kappa shape index (κ1) is 13.7. The van der Waals surface area contributed by atoms with E-state index in [4.69, 9.17) is 5.73 Å². The molecule has 0 spiro atoms. The smallest absolute Gasteiger partial charge is 0.243 e. The molecule has 1 aliphatic heterocycles. The van der Waals surface area contributed by atoms with Crippen molar-refractivity contribution >= 4 is 20.8 Å². The molecule has 1 aromatic carbocycles. The molecule has 1 heterocycles. The van der Waals surface area contributed by atoms with Crippen LogP contribution in [0.3, 0.4) is 0 Å². The standard InChI is InChI=1S/C11H16N2O3S2/c12-9-10-1-3-11(4-2-10)18(15,16)13-5-7-17(14)8-6-13/h1-4H,5-9,12H2. The number of sulfonamides is 1. The zero-order valence-corrected chi connectivity index (χ0v) is 11.5. The quantitative estimate of drug-likeness (QED) is 0.842. The monoisotopic (exact) mass is 288 g/mol. The number of hydrogen-bond acceptors (Lipinski definition) is 4. The zero-order valence-electron chi connectivity index (χ0n) is 9.91. The van der Waals surface area contributed by atoms with Crippen LogP contribution in [0.4, 0.5) is 0 Å². The molecule has 1 saturated heterocycles. The van der Waals surface area contributed by atoms with Gasteiger partial charge in [0, 0.05) is 41.9 Å². The van der Waals surface area contributed by atoms with E-state index >= 15 is 0 Å². The highest BCUT2D eigenvalue weighted by atomic mass is 32.2. The van der Waals surface area contributed by atoms with Crippen molar-refractivity contribution in [2.75, 3.05) is 24.6 Å². The summed E-state index contributed by atoms with van der Waals surface area (Å²) in [6, 6.07) is 6.58. The maximum Gasteiger partial charge on any atom is 0.243 e. The fourth-order valence-electron chi connectivity index (χ4n) is 1.81. The molecular formula is C11H16N2O3S2. The minimum absolute atomic E-state index is 0.271. The summed E-state index contributed by atoms with van der Waals surface area (Å²) in [6.45, 7) is 1.05. The molecule has 0 radical (unpaired) electrons. The van der Waals surface area contributed by atoms with Crippen LogP contribution in [0.2, 0.25) is 0 Å². The normalized spacial score (nSPS) is 18.9. The summed E-state index contributed by atoms with van der Waals surface area (Å²) in [4.78, 5) is 0.271. The minimum Gasteiger partial charge on any atom is -0.326 e. The average molecular weight is 288 g/mol. The molecule has 1 fully saturated rings. The molecule has 0 aliphatic carbocycles. The first-order valence-electron chi connectivity index (χ1n) is 5.68. The van der Waals surface area contributed by atoms with Gasteiger partial charge in [-0.3, -0.25) is 4.21 Å². The van der Waals surface area contributed by atoms with Crippen molar-refractivity contribution in [3.63, 3.8) is 0 Å². The lowest BCUT2D eigenvalue weighted by Gasteiger charge is -2.25. The Bertz CT molecular complexity index is 530. The number of nitrogens with two attached hydrogens (primary N) is 1. The second-order valence-corrected chi connectivity index (χ2v) is 7.73. The van der Waals surface area contributed by atoms with Gasteiger partial charge in [0.15, 0.2) is 0 Å². The van der Waals surface area contributed by atoms with E-state index in [0.29, 0.717) is 31.1 Å². The van der Waals surface area contributed by atoms with E-state index in [-0.39, 0.29) is 4.90 Å². The van der Waals surface area contributed by atoms with Crippen molar-refractivity contribution in [1.29, 1.82) is 0 Å². The molecule has 7 heteroatoms. The Kier molecular flexibility index (Phi) is 4.16. The van der Waals surface area contributed by atoms with E-state index in [1.165, 1.54) is 4.31 Å². The third-order valence-corrected chi connectivity index (χ3v) is 6.12. The van der Waals surface area contributed by atoms with Gasteiger partial charge in [-0.25, -0.2) is 8.42 Å². The molecule has 0 amide bonds. The predicted octanol–water partition coefficient (Wildman–Crippen LogP) is -0.102. The second kappa shape index (κ2) is 5.48. The van der Waals surface area contributed by atoms with E-state index < -0.39 is 20.8 Å². The topological polar surface area (TPSA) is 80.5 Å². The van der Waals surface area contributed by atoms with Crippen LogP contribution in [0.15, 0.2) is 29.2 Å². The van der Waals surface area contributed by atoms with Gasteiger partial charge in [0.2, 0.25) is 10.0 Å². The van der Waals surface area contributed by atoms with Crippen LogP contribution in [0.25, 0.3) is 0 Å². The van der Waals surface area contributed by atoms with E-state index in [1.54, 1.807) is 24.3 Å². The third kappa shape index (κ3) is 2.80. The molecule has 1 aliphatic rings. The van der Waals surface area contributed by atoms with Gasteiger partial charge in [0.05, 0.1) is 4.90 Å². The van der Waals surface area contributed by atoms with Gasteiger partial charge in [-0.15, -0.1) is 0 Å². The molecule has 18 heavy (non-hydrogen) atoms. The largest absolute Gasteiger partial charge is 0.326 e. The van der Waals surface area contributed by atoms with Gasteiger partial charge in [-0.05, 0) is 17.7 Å². The van der Waals surface area contributed by atoms with Crippen molar-refractivity contribution in [1.82, 2.24) is 4.31 Å². The Hall–Kier alpha value is -0.760. The number of rotatable bonds is 3. The Morgan fingerprint density at radius 3 is 2.22 bits per heavy atom. The van der Waals surface area contributed by atoms with E-state index in [2.05, 4.69) is 0 Å².